The van der Waals surface area contributed by atoms with E-state index in [0.29, 0.717) is 17.2 Å². The fourth-order valence-corrected chi connectivity index (χ4v) is 5.87. The lowest BCUT2D eigenvalue weighted by Gasteiger charge is -2.30. The molecule has 4 rings (SSSR count). The molecule has 0 unspecified atom stereocenters. The Bertz CT molecular complexity index is 702. The van der Waals surface area contributed by atoms with Crippen LogP contribution in [0.1, 0.15) is 32.6 Å². The lowest BCUT2D eigenvalue weighted by atomic mass is 10.1. The SMILES string of the molecule is CCN1[C@H]2CCN(CC3CC3)CC[C@@H]2Oc2ccccc2S1(=O)=O. The molecule has 5 nitrogen and oxygen atoms in total. The third-order valence-corrected chi connectivity index (χ3v) is 7.55. The van der Waals surface area contributed by atoms with E-state index in [1.807, 2.05) is 13.0 Å². The van der Waals surface area contributed by atoms with Crippen LogP contribution >= 0.6 is 0 Å². The van der Waals surface area contributed by atoms with Gasteiger partial charge in [-0.05, 0) is 50.3 Å². The number of hydrogen-bond donors (Lipinski definition) is 0. The number of rotatable bonds is 3. The van der Waals surface area contributed by atoms with E-state index in [9.17, 15) is 8.42 Å². The van der Waals surface area contributed by atoms with Crippen LogP contribution in [0.25, 0.3) is 0 Å². The predicted molar refractivity (Wildman–Crippen MR) is 92.6 cm³/mol. The van der Waals surface area contributed by atoms with Gasteiger partial charge < -0.3 is 9.64 Å². The monoisotopic (exact) mass is 350 g/mol. The number of nitrogens with zero attached hydrogens (tertiary/aromatic N) is 2. The minimum Gasteiger partial charge on any atom is -0.487 e. The van der Waals surface area contributed by atoms with Crippen LogP contribution in [0.2, 0.25) is 0 Å². The summed E-state index contributed by atoms with van der Waals surface area (Å²) in [6, 6.07) is 7.00. The van der Waals surface area contributed by atoms with Crippen molar-refractivity contribution in [3.63, 3.8) is 0 Å². The molecule has 0 N–H and O–H groups in total. The Morgan fingerprint density at radius 2 is 1.88 bits per heavy atom. The summed E-state index contributed by atoms with van der Waals surface area (Å²) in [4.78, 5) is 2.82. The fourth-order valence-electron chi connectivity index (χ4n) is 4.06. The Morgan fingerprint density at radius 1 is 1.12 bits per heavy atom. The first-order valence-electron chi connectivity index (χ1n) is 9.09. The van der Waals surface area contributed by atoms with Crippen LogP contribution < -0.4 is 4.74 Å². The van der Waals surface area contributed by atoms with Crippen LogP contribution in [0.5, 0.6) is 5.75 Å². The molecule has 132 valence electrons. The van der Waals surface area contributed by atoms with Crippen molar-refractivity contribution >= 4 is 10.0 Å². The first kappa shape index (κ1) is 16.4. The minimum atomic E-state index is -3.49. The molecule has 0 spiro atoms. The summed E-state index contributed by atoms with van der Waals surface area (Å²) in [5, 5.41) is 0. The molecule has 1 aliphatic carbocycles. The number of fused-ring (bicyclic) bond motifs is 2. The Balaban J connectivity index is 1.65. The van der Waals surface area contributed by atoms with Gasteiger partial charge >= 0.3 is 0 Å². The normalized spacial score (nSPS) is 30.5. The highest BCUT2D eigenvalue weighted by atomic mass is 32.2. The quantitative estimate of drug-likeness (QED) is 0.840. The lowest BCUT2D eigenvalue weighted by Crippen LogP contribution is -2.46. The molecule has 2 fully saturated rings. The number of likely N-dealkylation sites (tertiary alicyclic amines) is 1. The molecule has 1 saturated heterocycles. The standard InChI is InChI=1S/C18H26N2O3S/c1-2-20-15-9-11-19(13-14-7-8-14)12-10-16(15)23-17-5-3-4-6-18(17)24(20,21)22/h3-6,14-16H,2,7-13H2,1H3/t15-,16-/m0/s1. The van der Waals surface area contributed by atoms with E-state index in [4.69, 9.17) is 4.74 Å². The van der Waals surface area contributed by atoms with E-state index in [1.165, 1.54) is 12.8 Å². The number of likely N-dealkylation sites (N-methyl/N-ethyl adjacent to an activating group) is 1. The van der Waals surface area contributed by atoms with Crippen LogP contribution in [0, 0.1) is 5.92 Å². The molecular formula is C18H26N2O3S. The van der Waals surface area contributed by atoms with Crippen LogP contribution in [-0.2, 0) is 10.0 Å². The summed E-state index contributed by atoms with van der Waals surface area (Å²) < 4.78 is 34.1. The van der Waals surface area contributed by atoms with E-state index >= 15 is 0 Å². The average molecular weight is 350 g/mol. The van der Waals surface area contributed by atoms with Gasteiger partial charge in [0.15, 0.2) is 0 Å². The highest BCUT2D eigenvalue weighted by Crippen LogP contribution is 2.37. The van der Waals surface area contributed by atoms with Gasteiger partial charge in [-0.1, -0.05) is 19.1 Å². The molecule has 0 aromatic heterocycles. The number of benzene rings is 1. The molecule has 1 saturated carbocycles. The fraction of sp³-hybridized carbons (Fsp3) is 0.667. The van der Waals surface area contributed by atoms with E-state index in [1.54, 1.807) is 22.5 Å². The van der Waals surface area contributed by atoms with Crippen molar-refractivity contribution in [2.45, 2.75) is 49.6 Å². The minimum absolute atomic E-state index is 0.0624. The van der Waals surface area contributed by atoms with E-state index in [0.717, 1.165) is 38.4 Å². The summed E-state index contributed by atoms with van der Waals surface area (Å²) in [5.74, 6) is 1.37. The number of hydrogen-bond acceptors (Lipinski definition) is 4. The third kappa shape index (κ3) is 2.95. The van der Waals surface area contributed by atoms with Gasteiger partial charge in [-0.3, -0.25) is 0 Å². The average Bonchev–Trinajstić information content (AvgIpc) is 3.39. The molecule has 0 radical (unpaired) electrons. The molecule has 0 amide bonds. The maximum Gasteiger partial charge on any atom is 0.247 e. The zero-order chi connectivity index (χ0) is 16.7. The van der Waals surface area contributed by atoms with Gasteiger partial charge in [0.25, 0.3) is 0 Å². The largest absolute Gasteiger partial charge is 0.487 e. The van der Waals surface area contributed by atoms with Crippen molar-refractivity contribution in [1.82, 2.24) is 9.21 Å². The molecule has 1 aromatic carbocycles. The second kappa shape index (κ2) is 6.32. The molecule has 1 aromatic rings. The maximum atomic E-state index is 13.1. The van der Waals surface area contributed by atoms with Gasteiger partial charge in [-0.2, -0.15) is 4.31 Å². The molecule has 24 heavy (non-hydrogen) atoms. The third-order valence-electron chi connectivity index (χ3n) is 5.51. The van der Waals surface area contributed by atoms with E-state index in [-0.39, 0.29) is 12.1 Å². The Labute approximate surface area is 144 Å². The van der Waals surface area contributed by atoms with Gasteiger partial charge in [0, 0.05) is 19.6 Å². The first-order valence-corrected chi connectivity index (χ1v) is 10.5. The van der Waals surface area contributed by atoms with Crippen molar-refractivity contribution in [2.75, 3.05) is 26.2 Å². The molecule has 6 heteroatoms. The number of sulfonamides is 1. The Hall–Kier alpha value is -1.11. The molecule has 2 heterocycles. The van der Waals surface area contributed by atoms with Crippen molar-refractivity contribution in [3.8, 4) is 5.75 Å². The van der Waals surface area contributed by atoms with Crippen molar-refractivity contribution in [3.05, 3.63) is 24.3 Å². The topological polar surface area (TPSA) is 49.9 Å². The van der Waals surface area contributed by atoms with Crippen molar-refractivity contribution in [1.29, 1.82) is 0 Å². The number of ether oxygens (including phenoxy) is 1. The molecular weight excluding hydrogens is 324 g/mol. The Kier molecular flexibility index (Phi) is 4.31. The summed E-state index contributed by atoms with van der Waals surface area (Å²) in [6.45, 7) is 5.54. The van der Waals surface area contributed by atoms with Gasteiger partial charge in [-0.15, -0.1) is 0 Å². The molecule has 0 bridgehead atoms. The maximum absolute atomic E-state index is 13.1. The van der Waals surface area contributed by atoms with E-state index in [2.05, 4.69) is 4.90 Å². The van der Waals surface area contributed by atoms with Crippen LogP contribution in [0.3, 0.4) is 0 Å². The van der Waals surface area contributed by atoms with Crippen LogP contribution in [0.4, 0.5) is 0 Å². The zero-order valence-corrected chi connectivity index (χ0v) is 15.0. The van der Waals surface area contributed by atoms with Gasteiger partial charge in [0.05, 0.1) is 6.04 Å². The second-order valence-electron chi connectivity index (χ2n) is 7.20. The smallest absolute Gasteiger partial charge is 0.247 e. The van der Waals surface area contributed by atoms with Gasteiger partial charge in [-0.25, -0.2) is 8.42 Å². The van der Waals surface area contributed by atoms with Crippen molar-refractivity contribution < 1.29 is 13.2 Å². The first-order chi connectivity index (χ1) is 11.6. The highest BCUT2D eigenvalue weighted by Gasteiger charge is 2.42. The highest BCUT2D eigenvalue weighted by molar-refractivity contribution is 7.89. The summed E-state index contributed by atoms with van der Waals surface area (Å²) in [7, 11) is -3.49. The van der Waals surface area contributed by atoms with Gasteiger partial charge in [0.1, 0.15) is 16.7 Å². The summed E-state index contributed by atoms with van der Waals surface area (Å²) in [6.07, 6.45) is 4.37. The van der Waals surface area contributed by atoms with Crippen LogP contribution in [0.15, 0.2) is 29.2 Å². The summed E-state index contributed by atoms with van der Waals surface area (Å²) >= 11 is 0. The Morgan fingerprint density at radius 3 is 2.62 bits per heavy atom. The molecule has 2 atom stereocenters. The zero-order valence-electron chi connectivity index (χ0n) is 14.2. The second-order valence-corrected chi connectivity index (χ2v) is 9.06. The molecule has 3 aliphatic rings. The number of para-hydroxylation sites is 1. The molecule has 2 aliphatic heterocycles. The summed E-state index contributed by atoms with van der Waals surface area (Å²) in [5.41, 5.74) is 0. The van der Waals surface area contributed by atoms with E-state index < -0.39 is 10.0 Å². The predicted octanol–water partition coefficient (Wildman–Crippen LogP) is 2.33. The van der Waals surface area contributed by atoms with Gasteiger partial charge in [0.2, 0.25) is 10.0 Å². The van der Waals surface area contributed by atoms with Crippen LogP contribution in [-0.4, -0.2) is 55.9 Å². The van der Waals surface area contributed by atoms with Crippen molar-refractivity contribution in [2.24, 2.45) is 5.92 Å². The lowest BCUT2D eigenvalue weighted by molar-refractivity contribution is 0.115.